The molecule has 1 atom stereocenters. The summed E-state index contributed by atoms with van der Waals surface area (Å²) < 4.78 is 10.9. The third-order valence-electron chi connectivity index (χ3n) is 5.89. The van der Waals surface area contributed by atoms with Gasteiger partial charge in [0.1, 0.15) is 18.5 Å². The number of hydrogen-bond acceptors (Lipinski definition) is 5. The van der Waals surface area contributed by atoms with Crippen molar-refractivity contribution in [3.63, 3.8) is 0 Å². The molecule has 7 heteroatoms. The summed E-state index contributed by atoms with van der Waals surface area (Å²) in [6.07, 6.45) is 4.04. The Hall–Kier alpha value is -2.12. The Morgan fingerprint density at radius 1 is 1.10 bits per heavy atom. The van der Waals surface area contributed by atoms with Crippen LogP contribution >= 0.6 is 0 Å². The highest BCUT2D eigenvalue weighted by molar-refractivity contribution is 5.94. The number of carbonyl (C=O) groups excluding carboxylic acids is 2. The summed E-state index contributed by atoms with van der Waals surface area (Å²) in [4.78, 5) is 28.5. The van der Waals surface area contributed by atoms with Crippen LogP contribution in [-0.4, -0.2) is 80.2 Å². The molecule has 0 radical (unpaired) electrons. The fraction of sp³-hybridized carbons (Fsp3) is 0.636. The minimum absolute atomic E-state index is 0.0287. The van der Waals surface area contributed by atoms with E-state index in [1.54, 1.807) is 0 Å². The first-order chi connectivity index (χ1) is 14.1. The predicted molar refractivity (Wildman–Crippen MR) is 111 cm³/mol. The van der Waals surface area contributed by atoms with Gasteiger partial charge in [-0.1, -0.05) is 6.92 Å². The maximum Gasteiger partial charge on any atom is 0.251 e. The molecule has 2 aliphatic heterocycles. The Bertz CT molecular complexity index is 671. The second-order valence-corrected chi connectivity index (χ2v) is 7.79. The van der Waals surface area contributed by atoms with Crippen LogP contribution < -0.4 is 10.1 Å². The zero-order chi connectivity index (χ0) is 20.6. The molecule has 160 valence electrons. The summed E-state index contributed by atoms with van der Waals surface area (Å²) in [7, 11) is 1.53. The molecule has 2 saturated heterocycles. The van der Waals surface area contributed by atoms with Crippen LogP contribution in [0.5, 0.6) is 5.75 Å². The average molecular weight is 404 g/mol. The number of likely N-dealkylation sites (tertiary alicyclic amines) is 2. The van der Waals surface area contributed by atoms with Crippen molar-refractivity contribution in [1.29, 1.82) is 0 Å². The van der Waals surface area contributed by atoms with Crippen LogP contribution in [0.2, 0.25) is 0 Å². The molecule has 1 aromatic rings. The second kappa shape index (κ2) is 10.6. The number of methoxy groups -OCH3 is 1. The van der Waals surface area contributed by atoms with E-state index in [1.807, 2.05) is 29.2 Å². The topological polar surface area (TPSA) is 71.1 Å². The van der Waals surface area contributed by atoms with Gasteiger partial charge in [0.15, 0.2) is 0 Å². The molecule has 0 bridgehead atoms. The van der Waals surface area contributed by atoms with E-state index >= 15 is 0 Å². The summed E-state index contributed by atoms with van der Waals surface area (Å²) in [5.41, 5.74) is 0.651. The minimum Gasteiger partial charge on any atom is -0.490 e. The van der Waals surface area contributed by atoms with Crippen LogP contribution in [0.1, 0.15) is 43.0 Å². The Kier molecular flexibility index (Phi) is 7.89. The molecule has 0 aromatic heterocycles. The second-order valence-electron chi connectivity index (χ2n) is 7.79. The molecule has 0 aliphatic carbocycles. The van der Waals surface area contributed by atoms with Gasteiger partial charge in [0.25, 0.3) is 5.91 Å². The van der Waals surface area contributed by atoms with Crippen molar-refractivity contribution in [3.05, 3.63) is 29.8 Å². The molecule has 0 spiro atoms. The highest BCUT2D eigenvalue weighted by atomic mass is 16.5. The average Bonchev–Trinajstić information content (AvgIpc) is 3.21. The molecule has 1 aromatic carbocycles. The van der Waals surface area contributed by atoms with Gasteiger partial charge in [-0.2, -0.15) is 0 Å². The number of ether oxygens (including phenoxy) is 2. The highest BCUT2D eigenvalue weighted by Crippen LogP contribution is 2.20. The normalized spacial score (nSPS) is 20.6. The molecule has 1 unspecified atom stereocenters. The monoisotopic (exact) mass is 403 g/mol. The molecule has 2 aliphatic rings. The maximum atomic E-state index is 12.4. The van der Waals surface area contributed by atoms with Gasteiger partial charge in [-0.05, 0) is 50.2 Å². The molecule has 0 saturated carbocycles. The summed E-state index contributed by atoms with van der Waals surface area (Å²) >= 11 is 0. The van der Waals surface area contributed by atoms with Gasteiger partial charge in [-0.25, -0.2) is 0 Å². The fourth-order valence-corrected chi connectivity index (χ4v) is 4.17. The Morgan fingerprint density at radius 2 is 1.83 bits per heavy atom. The smallest absolute Gasteiger partial charge is 0.251 e. The van der Waals surface area contributed by atoms with Crippen molar-refractivity contribution in [3.8, 4) is 5.75 Å². The van der Waals surface area contributed by atoms with Crippen LogP contribution in [0, 0.1) is 0 Å². The van der Waals surface area contributed by atoms with E-state index in [9.17, 15) is 9.59 Å². The summed E-state index contributed by atoms with van der Waals surface area (Å²) in [5, 5.41) is 3.06. The van der Waals surface area contributed by atoms with Crippen molar-refractivity contribution in [2.45, 2.75) is 44.8 Å². The van der Waals surface area contributed by atoms with Gasteiger partial charge in [-0.15, -0.1) is 0 Å². The number of hydrogen-bond donors (Lipinski definition) is 1. The molecule has 2 fully saturated rings. The van der Waals surface area contributed by atoms with Gasteiger partial charge in [0, 0.05) is 51.2 Å². The lowest BCUT2D eigenvalue weighted by Crippen LogP contribution is -2.43. The standard InChI is InChI=1S/C22H33N3O4/c1-3-24-12-4-5-18(24)15-23-22(27)17-6-8-19(9-7-17)29-20-10-13-25(14-11-20)21(26)16-28-2/h6-9,18,20H,3-5,10-16H2,1-2H3,(H,23,27). The van der Waals surface area contributed by atoms with E-state index in [4.69, 9.17) is 9.47 Å². The first kappa shape index (κ1) is 21.6. The first-order valence-corrected chi connectivity index (χ1v) is 10.7. The van der Waals surface area contributed by atoms with E-state index in [2.05, 4.69) is 17.1 Å². The first-order valence-electron chi connectivity index (χ1n) is 10.7. The number of nitrogens with zero attached hydrogens (tertiary/aromatic N) is 2. The van der Waals surface area contributed by atoms with Crippen molar-refractivity contribution < 1.29 is 19.1 Å². The number of rotatable bonds is 8. The molecule has 7 nitrogen and oxygen atoms in total. The van der Waals surface area contributed by atoms with Crippen LogP contribution in [0.4, 0.5) is 0 Å². The zero-order valence-corrected chi connectivity index (χ0v) is 17.6. The van der Waals surface area contributed by atoms with Gasteiger partial charge >= 0.3 is 0 Å². The van der Waals surface area contributed by atoms with Crippen molar-refractivity contribution in [2.24, 2.45) is 0 Å². The lowest BCUT2D eigenvalue weighted by molar-refractivity contribution is -0.136. The zero-order valence-electron chi connectivity index (χ0n) is 17.6. The van der Waals surface area contributed by atoms with Crippen molar-refractivity contribution >= 4 is 11.8 Å². The lowest BCUT2D eigenvalue weighted by Gasteiger charge is -2.32. The predicted octanol–water partition coefficient (Wildman–Crippen LogP) is 1.92. The van der Waals surface area contributed by atoms with Gasteiger partial charge in [0.2, 0.25) is 5.91 Å². The van der Waals surface area contributed by atoms with Crippen LogP contribution in [0.25, 0.3) is 0 Å². The summed E-state index contributed by atoms with van der Waals surface area (Å²) in [6, 6.07) is 7.78. The maximum absolute atomic E-state index is 12.4. The largest absolute Gasteiger partial charge is 0.490 e. The van der Waals surface area contributed by atoms with Gasteiger partial charge in [-0.3, -0.25) is 14.5 Å². The number of nitrogens with one attached hydrogen (secondary N) is 1. The van der Waals surface area contributed by atoms with E-state index < -0.39 is 0 Å². The molecule has 3 rings (SSSR count). The Morgan fingerprint density at radius 3 is 2.48 bits per heavy atom. The van der Waals surface area contributed by atoms with Gasteiger partial charge < -0.3 is 19.7 Å². The number of amides is 2. The highest BCUT2D eigenvalue weighted by Gasteiger charge is 2.24. The fourth-order valence-electron chi connectivity index (χ4n) is 4.17. The van der Waals surface area contributed by atoms with Crippen molar-refractivity contribution in [1.82, 2.24) is 15.1 Å². The number of carbonyl (C=O) groups is 2. The summed E-state index contributed by atoms with van der Waals surface area (Å²) in [5.74, 6) is 0.751. The molecular formula is C22H33N3O4. The third-order valence-corrected chi connectivity index (χ3v) is 5.89. The number of piperidine rings is 1. The van der Waals surface area contributed by atoms with E-state index in [0.717, 1.165) is 38.1 Å². The molecule has 1 N–H and O–H groups in total. The SMILES string of the molecule is CCN1CCCC1CNC(=O)c1ccc(OC2CCN(C(=O)COC)CC2)cc1. The van der Waals surface area contributed by atoms with Crippen LogP contribution in [-0.2, 0) is 9.53 Å². The molecule has 2 heterocycles. The van der Waals surface area contributed by atoms with Gasteiger partial charge in [0.05, 0.1) is 0 Å². The molecule has 29 heavy (non-hydrogen) atoms. The molecular weight excluding hydrogens is 370 g/mol. The summed E-state index contributed by atoms with van der Waals surface area (Å²) in [6.45, 7) is 6.53. The quantitative estimate of drug-likeness (QED) is 0.718. The van der Waals surface area contributed by atoms with E-state index in [0.29, 0.717) is 31.2 Å². The molecule has 2 amide bonds. The Labute approximate surface area is 173 Å². The van der Waals surface area contributed by atoms with E-state index in [-0.39, 0.29) is 24.5 Å². The van der Waals surface area contributed by atoms with Crippen LogP contribution in [0.3, 0.4) is 0 Å². The Balaban J connectivity index is 1.43. The minimum atomic E-state index is -0.0375. The number of benzene rings is 1. The van der Waals surface area contributed by atoms with Crippen LogP contribution in [0.15, 0.2) is 24.3 Å². The van der Waals surface area contributed by atoms with Crippen molar-refractivity contribution in [2.75, 3.05) is 46.4 Å². The third kappa shape index (κ3) is 5.93. The van der Waals surface area contributed by atoms with E-state index in [1.165, 1.54) is 13.5 Å². The number of likely N-dealkylation sites (N-methyl/N-ethyl adjacent to an activating group) is 1. The lowest BCUT2D eigenvalue weighted by atomic mass is 10.1.